The predicted molar refractivity (Wildman–Crippen MR) is 101 cm³/mol. The van der Waals surface area contributed by atoms with Crippen LogP contribution in [0.1, 0.15) is 39.9 Å². The lowest BCUT2D eigenvalue weighted by Gasteiger charge is -2.28. The molecule has 4 rings (SSSR count). The van der Waals surface area contributed by atoms with Crippen molar-refractivity contribution in [3.63, 3.8) is 0 Å². The van der Waals surface area contributed by atoms with Crippen LogP contribution in [0.3, 0.4) is 0 Å². The number of Topliss-reactive ketones (excluding diaryl/α,β-unsaturated/α-hetero) is 1. The number of aromatic nitrogens is 2. The van der Waals surface area contributed by atoms with Crippen LogP contribution in [0.5, 0.6) is 0 Å². The van der Waals surface area contributed by atoms with Gasteiger partial charge in [-0.2, -0.15) is 0 Å². The number of allylic oxidation sites excluding steroid dienone is 3. The highest BCUT2D eigenvalue weighted by Gasteiger charge is 2.46. The molecule has 1 aliphatic heterocycles. The number of nitrogens with zero attached hydrogens (tertiary/aromatic N) is 1. The maximum absolute atomic E-state index is 12.2. The number of rotatable bonds is 1. The number of hydrogen-bond donors (Lipinski definition) is 2. The maximum atomic E-state index is 12.2. The molecule has 0 bridgehead atoms. The van der Waals surface area contributed by atoms with E-state index in [1.807, 2.05) is 38.1 Å². The van der Waals surface area contributed by atoms with Crippen molar-refractivity contribution in [1.29, 1.82) is 0 Å². The zero-order valence-corrected chi connectivity index (χ0v) is 15.1. The molecule has 2 heterocycles. The van der Waals surface area contributed by atoms with Crippen molar-refractivity contribution < 1.29 is 4.79 Å². The third kappa shape index (κ3) is 2.62. The van der Waals surface area contributed by atoms with E-state index in [1.54, 1.807) is 0 Å². The Morgan fingerprint density at radius 1 is 1.12 bits per heavy atom. The van der Waals surface area contributed by atoms with Gasteiger partial charge in [-0.25, -0.2) is 4.98 Å². The zero-order valence-electron chi connectivity index (χ0n) is 15.1. The summed E-state index contributed by atoms with van der Waals surface area (Å²) in [5.74, 6) is 0.966. The summed E-state index contributed by atoms with van der Waals surface area (Å²) < 4.78 is 0. The molecule has 0 amide bonds. The predicted octanol–water partition coefficient (Wildman–Crippen LogP) is 4.14. The largest absolute Gasteiger partial charge is 0.382 e. The summed E-state index contributed by atoms with van der Waals surface area (Å²) in [6.45, 7) is 8.20. The molecule has 1 fully saturated rings. The van der Waals surface area contributed by atoms with Crippen LogP contribution in [-0.2, 0) is 4.79 Å². The SMILES string of the molecule is CC1=CC2(C=C(C)C1=O)CC(C)(C)NC2=Cc1nc2ccccc2[nH]1. The van der Waals surface area contributed by atoms with Crippen LogP contribution >= 0.6 is 0 Å². The van der Waals surface area contributed by atoms with E-state index in [9.17, 15) is 4.79 Å². The van der Waals surface area contributed by atoms with E-state index in [2.05, 4.69) is 47.4 Å². The smallest absolute Gasteiger partial charge is 0.183 e. The average molecular weight is 333 g/mol. The lowest BCUT2D eigenvalue weighted by molar-refractivity contribution is -0.112. The molecule has 2 aliphatic rings. The third-order valence-corrected chi connectivity index (χ3v) is 5.06. The Kier molecular flexibility index (Phi) is 3.29. The van der Waals surface area contributed by atoms with Crippen LogP contribution < -0.4 is 5.32 Å². The van der Waals surface area contributed by atoms with Gasteiger partial charge in [-0.15, -0.1) is 0 Å². The summed E-state index contributed by atoms with van der Waals surface area (Å²) in [4.78, 5) is 20.3. The Morgan fingerprint density at radius 3 is 2.48 bits per heavy atom. The average Bonchev–Trinajstić information content (AvgIpc) is 3.03. The third-order valence-electron chi connectivity index (χ3n) is 5.06. The molecular weight excluding hydrogens is 310 g/mol. The highest BCUT2D eigenvalue weighted by atomic mass is 16.1. The van der Waals surface area contributed by atoms with Gasteiger partial charge in [0.25, 0.3) is 0 Å². The number of ketones is 1. The quantitative estimate of drug-likeness (QED) is 0.825. The minimum absolute atomic E-state index is 0.0498. The van der Waals surface area contributed by atoms with Crippen molar-refractivity contribution in [2.75, 3.05) is 0 Å². The molecule has 25 heavy (non-hydrogen) atoms. The minimum Gasteiger partial charge on any atom is -0.382 e. The van der Waals surface area contributed by atoms with Crippen molar-refractivity contribution in [1.82, 2.24) is 15.3 Å². The summed E-state index contributed by atoms with van der Waals surface area (Å²) in [5, 5.41) is 3.64. The number of benzene rings is 1. The van der Waals surface area contributed by atoms with Crippen molar-refractivity contribution in [2.24, 2.45) is 5.41 Å². The Balaban J connectivity index is 1.85. The van der Waals surface area contributed by atoms with E-state index in [1.165, 1.54) is 0 Å². The highest BCUT2D eigenvalue weighted by Crippen LogP contribution is 2.48. The number of aromatic amines is 1. The summed E-state index contributed by atoms with van der Waals surface area (Å²) in [6.07, 6.45) is 7.21. The molecular formula is C21H23N3O. The molecule has 1 aromatic carbocycles. The van der Waals surface area contributed by atoms with E-state index in [0.717, 1.165) is 40.1 Å². The standard InChI is InChI=1S/C21H23N3O/c1-13-10-21(11-14(2)19(13)25)12-20(3,4)24-17(21)9-18-22-15-7-5-6-8-16(15)23-18/h5-11,24H,12H2,1-4H3,(H,22,23). The Bertz CT molecular complexity index is 917. The van der Waals surface area contributed by atoms with Gasteiger partial charge >= 0.3 is 0 Å². The van der Waals surface area contributed by atoms with Crippen LogP contribution in [0.25, 0.3) is 17.1 Å². The second-order valence-electron chi connectivity index (χ2n) is 7.91. The number of fused-ring (bicyclic) bond motifs is 1. The van der Waals surface area contributed by atoms with Gasteiger partial charge < -0.3 is 10.3 Å². The van der Waals surface area contributed by atoms with Crippen LogP contribution in [-0.4, -0.2) is 21.3 Å². The first kappa shape index (κ1) is 15.9. The van der Waals surface area contributed by atoms with Gasteiger partial charge in [-0.3, -0.25) is 4.79 Å². The normalized spacial score (nSPS) is 23.0. The molecule has 1 saturated heterocycles. The molecule has 1 aliphatic carbocycles. The fourth-order valence-electron chi connectivity index (χ4n) is 4.21. The van der Waals surface area contributed by atoms with Crippen molar-refractivity contribution in [2.45, 2.75) is 39.7 Å². The summed E-state index contributed by atoms with van der Waals surface area (Å²) in [7, 11) is 0. The molecule has 4 nitrogen and oxygen atoms in total. The molecule has 0 radical (unpaired) electrons. The molecule has 4 heteroatoms. The van der Waals surface area contributed by atoms with Gasteiger partial charge in [0.2, 0.25) is 0 Å². The Hall–Kier alpha value is -2.62. The van der Waals surface area contributed by atoms with E-state index in [0.29, 0.717) is 0 Å². The number of carbonyl (C=O) groups excluding carboxylic acids is 1. The molecule has 0 atom stereocenters. The van der Waals surface area contributed by atoms with E-state index in [-0.39, 0.29) is 16.7 Å². The fourth-order valence-corrected chi connectivity index (χ4v) is 4.21. The molecule has 128 valence electrons. The second kappa shape index (κ2) is 5.19. The second-order valence-corrected chi connectivity index (χ2v) is 7.91. The van der Waals surface area contributed by atoms with Crippen LogP contribution in [0.2, 0.25) is 0 Å². The first-order valence-corrected chi connectivity index (χ1v) is 8.67. The number of hydrogen-bond acceptors (Lipinski definition) is 3. The zero-order chi connectivity index (χ0) is 17.8. The summed E-state index contributed by atoms with van der Waals surface area (Å²) in [6, 6.07) is 8.02. The minimum atomic E-state index is -0.273. The van der Waals surface area contributed by atoms with E-state index < -0.39 is 0 Å². The Labute approximate surface area is 147 Å². The summed E-state index contributed by atoms with van der Waals surface area (Å²) in [5.41, 5.74) is 4.37. The van der Waals surface area contributed by atoms with Crippen molar-refractivity contribution in [3.05, 3.63) is 59.1 Å². The lowest BCUT2D eigenvalue weighted by atomic mass is 9.73. The lowest BCUT2D eigenvalue weighted by Crippen LogP contribution is -2.30. The first-order valence-electron chi connectivity index (χ1n) is 8.67. The van der Waals surface area contributed by atoms with Crippen LogP contribution in [0, 0.1) is 5.41 Å². The van der Waals surface area contributed by atoms with Gasteiger partial charge in [0.1, 0.15) is 5.82 Å². The molecule has 0 saturated carbocycles. The molecule has 1 spiro atoms. The molecule has 1 aromatic heterocycles. The van der Waals surface area contributed by atoms with E-state index >= 15 is 0 Å². The monoisotopic (exact) mass is 333 g/mol. The van der Waals surface area contributed by atoms with E-state index in [4.69, 9.17) is 0 Å². The molecule has 2 N–H and O–H groups in total. The van der Waals surface area contributed by atoms with Gasteiger partial charge in [0, 0.05) is 22.7 Å². The highest BCUT2D eigenvalue weighted by molar-refractivity contribution is 6.08. The van der Waals surface area contributed by atoms with Crippen LogP contribution in [0.15, 0.2) is 53.3 Å². The Morgan fingerprint density at radius 2 is 1.80 bits per heavy atom. The summed E-state index contributed by atoms with van der Waals surface area (Å²) >= 11 is 0. The first-order chi connectivity index (χ1) is 11.8. The van der Waals surface area contributed by atoms with Gasteiger partial charge in [0.15, 0.2) is 5.78 Å². The molecule has 2 aromatic rings. The number of imidazole rings is 1. The number of carbonyl (C=O) groups is 1. The number of nitrogens with one attached hydrogen (secondary N) is 2. The maximum Gasteiger partial charge on any atom is 0.183 e. The fraction of sp³-hybridized carbons (Fsp3) is 0.333. The van der Waals surface area contributed by atoms with Crippen LogP contribution in [0.4, 0.5) is 0 Å². The molecule has 0 unspecified atom stereocenters. The van der Waals surface area contributed by atoms with Gasteiger partial charge in [-0.05, 0) is 57.4 Å². The van der Waals surface area contributed by atoms with Crippen molar-refractivity contribution >= 4 is 22.9 Å². The van der Waals surface area contributed by atoms with Gasteiger partial charge in [-0.1, -0.05) is 24.3 Å². The number of H-pyrrole nitrogens is 1. The topological polar surface area (TPSA) is 57.8 Å². The number of para-hydroxylation sites is 2. The van der Waals surface area contributed by atoms with Crippen molar-refractivity contribution in [3.8, 4) is 0 Å². The van der Waals surface area contributed by atoms with Gasteiger partial charge in [0.05, 0.1) is 11.0 Å².